The van der Waals surface area contributed by atoms with Crippen molar-refractivity contribution in [2.75, 3.05) is 5.73 Å². The van der Waals surface area contributed by atoms with E-state index >= 15 is 0 Å². The average Bonchev–Trinajstić information content (AvgIpc) is 2.36. The summed E-state index contributed by atoms with van der Waals surface area (Å²) >= 11 is 6.33. The van der Waals surface area contributed by atoms with E-state index in [1.54, 1.807) is 6.07 Å². The number of aromatic nitrogens is 2. The van der Waals surface area contributed by atoms with E-state index in [0.29, 0.717) is 4.47 Å². The molecular formula is C10H6Br2N4O3. The third kappa shape index (κ3) is 2.99. The molecular weight excluding hydrogens is 384 g/mol. The van der Waals surface area contributed by atoms with Gasteiger partial charge >= 0.3 is 0 Å². The lowest BCUT2D eigenvalue weighted by Gasteiger charge is -2.08. The largest absolute Gasteiger partial charge is 0.436 e. The molecule has 1 aromatic heterocycles. The van der Waals surface area contributed by atoms with Gasteiger partial charge in [0.05, 0.1) is 15.6 Å². The fourth-order valence-electron chi connectivity index (χ4n) is 1.26. The first-order valence-electron chi connectivity index (χ1n) is 4.88. The molecule has 9 heteroatoms. The Hall–Kier alpha value is -1.74. The molecule has 0 spiro atoms. The summed E-state index contributed by atoms with van der Waals surface area (Å²) in [5, 5.41) is 10.8. The first-order valence-corrected chi connectivity index (χ1v) is 6.46. The van der Waals surface area contributed by atoms with Gasteiger partial charge in [0.15, 0.2) is 5.75 Å². The number of nitrogens with two attached hydrogens (primary N) is 1. The zero-order chi connectivity index (χ0) is 14.0. The molecule has 0 unspecified atom stereocenters. The van der Waals surface area contributed by atoms with Crippen molar-refractivity contribution in [1.29, 1.82) is 0 Å². The van der Waals surface area contributed by atoms with Crippen LogP contribution in [0.2, 0.25) is 0 Å². The Morgan fingerprint density at radius 3 is 2.79 bits per heavy atom. The summed E-state index contributed by atoms with van der Waals surface area (Å²) in [7, 11) is 0. The van der Waals surface area contributed by atoms with Gasteiger partial charge in [0.25, 0.3) is 5.69 Å². The van der Waals surface area contributed by atoms with Gasteiger partial charge in [-0.2, -0.15) is 4.98 Å². The number of nitrogen functional groups attached to an aromatic ring is 1. The molecule has 0 radical (unpaired) electrons. The Morgan fingerprint density at radius 1 is 1.37 bits per heavy atom. The Morgan fingerprint density at radius 2 is 2.11 bits per heavy atom. The molecule has 0 saturated carbocycles. The maximum Gasteiger partial charge on any atom is 0.287 e. The smallest absolute Gasteiger partial charge is 0.287 e. The van der Waals surface area contributed by atoms with Gasteiger partial charge in [-0.05, 0) is 37.9 Å². The van der Waals surface area contributed by atoms with Crippen molar-refractivity contribution >= 4 is 43.5 Å². The normalized spacial score (nSPS) is 10.2. The number of hydrogen-bond donors (Lipinski definition) is 1. The molecule has 98 valence electrons. The fraction of sp³-hybridized carbons (Fsp3) is 0. The van der Waals surface area contributed by atoms with E-state index in [0.717, 1.165) is 0 Å². The van der Waals surface area contributed by atoms with Gasteiger partial charge in [0.1, 0.15) is 4.47 Å². The average molecular weight is 390 g/mol. The number of anilines is 1. The van der Waals surface area contributed by atoms with Crippen LogP contribution in [0.15, 0.2) is 33.3 Å². The molecule has 0 aliphatic heterocycles. The van der Waals surface area contributed by atoms with Gasteiger partial charge in [-0.15, -0.1) is 0 Å². The number of hydrogen-bond acceptors (Lipinski definition) is 6. The molecule has 7 nitrogen and oxygen atoms in total. The van der Waals surface area contributed by atoms with E-state index in [2.05, 4.69) is 41.8 Å². The van der Waals surface area contributed by atoms with E-state index in [9.17, 15) is 10.1 Å². The quantitative estimate of drug-likeness (QED) is 0.637. The van der Waals surface area contributed by atoms with Crippen molar-refractivity contribution in [3.05, 3.63) is 43.5 Å². The van der Waals surface area contributed by atoms with Crippen LogP contribution in [0.1, 0.15) is 0 Å². The van der Waals surface area contributed by atoms with E-state index in [-0.39, 0.29) is 27.7 Å². The minimum absolute atomic E-state index is 0.0414. The number of nitro benzene ring substituents is 1. The third-order valence-corrected chi connectivity index (χ3v) is 3.42. The van der Waals surface area contributed by atoms with Crippen molar-refractivity contribution in [1.82, 2.24) is 9.97 Å². The van der Waals surface area contributed by atoms with Crippen molar-refractivity contribution in [2.24, 2.45) is 0 Å². The summed E-state index contributed by atoms with van der Waals surface area (Å²) in [5.41, 5.74) is 5.35. The van der Waals surface area contributed by atoms with Crippen molar-refractivity contribution < 1.29 is 9.66 Å². The first-order chi connectivity index (χ1) is 8.99. The highest BCUT2D eigenvalue weighted by atomic mass is 79.9. The molecule has 0 saturated heterocycles. The molecule has 1 aromatic carbocycles. The monoisotopic (exact) mass is 388 g/mol. The Labute approximate surface area is 124 Å². The van der Waals surface area contributed by atoms with Crippen LogP contribution in [-0.4, -0.2) is 14.9 Å². The Balaban J connectivity index is 2.41. The molecule has 0 aliphatic carbocycles. The van der Waals surface area contributed by atoms with Gasteiger partial charge in [-0.1, -0.05) is 6.07 Å². The highest BCUT2D eigenvalue weighted by Crippen LogP contribution is 2.37. The number of halogens is 2. The fourth-order valence-corrected chi connectivity index (χ4v) is 2.02. The van der Waals surface area contributed by atoms with Crippen LogP contribution < -0.4 is 10.5 Å². The SMILES string of the molecule is Nc1ncc(Br)c(Oc2cccc([N+](=O)[O-])c2Br)n1. The highest BCUT2D eigenvalue weighted by molar-refractivity contribution is 9.11. The van der Waals surface area contributed by atoms with E-state index < -0.39 is 4.92 Å². The molecule has 19 heavy (non-hydrogen) atoms. The molecule has 2 N–H and O–H groups in total. The number of benzene rings is 1. The van der Waals surface area contributed by atoms with Gasteiger partial charge in [0, 0.05) is 6.07 Å². The summed E-state index contributed by atoms with van der Waals surface area (Å²) in [6, 6.07) is 4.44. The molecule has 0 aliphatic rings. The lowest BCUT2D eigenvalue weighted by molar-refractivity contribution is -0.385. The minimum Gasteiger partial charge on any atom is -0.436 e. The lowest BCUT2D eigenvalue weighted by Crippen LogP contribution is -1.98. The Bertz CT molecular complexity index is 651. The minimum atomic E-state index is -0.514. The topological polar surface area (TPSA) is 104 Å². The zero-order valence-electron chi connectivity index (χ0n) is 9.21. The summed E-state index contributed by atoms with van der Waals surface area (Å²) in [5.74, 6) is 0.474. The second-order valence-corrected chi connectivity index (χ2v) is 4.98. The van der Waals surface area contributed by atoms with Gasteiger partial charge in [-0.3, -0.25) is 10.1 Å². The first kappa shape index (κ1) is 13.7. The third-order valence-electron chi connectivity index (χ3n) is 2.08. The number of ether oxygens (including phenoxy) is 1. The summed E-state index contributed by atoms with van der Waals surface area (Å²) < 4.78 is 6.19. The van der Waals surface area contributed by atoms with Gasteiger partial charge in [0.2, 0.25) is 11.8 Å². The van der Waals surface area contributed by atoms with Crippen molar-refractivity contribution in [3.63, 3.8) is 0 Å². The molecule has 0 fully saturated rings. The van der Waals surface area contributed by atoms with Crippen LogP contribution in [0.4, 0.5) is 11.6 Å². The summed E-state index contributed by atoms with van der Waals surface area (Å²) in [6.45, 7) is 0. The van der Waals surface area contributed by atoms with Crippen molar-refractivity contribution in [3.8, 4) is 11.6 Å². The van der Waals surface area contributed by atoms with Crippen LogP contribution in [0.5, 0.6) is 11.6 Å². The summed E-state index contributed by atoms with van der Waals surface area (Å²) in [4.78, 5) is 18.0. The molecule has 0 amide bonds. The molecule has 0 atom stereocenters. The van der Waals surface area contributed by atoms with Crippen LogP contribution in [0.3, 0.4) is 0 Å². The van der Waals surface area contributed by atoms with Crippen LogP contribution >= 0.6 is 31.9 Å². The molecule has 2 rings (SSSR count). The lowest BCUT2D eigenvalue weighted by atomic mass is 10.3. The number of rotatable bonds is 3. The number of nitro groups is 1. The van der Waals surface area contributed by atoms with E-state index in [1.165, 1.54) is 18.3 Å². The molecule has 0 bridgehead atoms. The van der Waals surface area contributed by atoms with E-state index in [4.69, 9.17) is 10.5 Å². The maximum atomic E-state index is 10.8. The number of nitrogens with zero attached hydrogens (tertiary/aromatic N) is 3. The van der Waals surface area contributed by atoms with E-state index in [1.807, 2.05) is 0 Å². The molecule has 1 heterocycles. The molecule has 2 aromatic rings. The van der Waals surface area contributed by atoms with Gasteiger partial charge in [-0.25, -0.2) is 4.98 Å². The predicted octanol–water partition coefficient (Wildman–Crippen LogP) is 3.28. The summed E-state index contributed by atoms with van der Waals surface area (Å²) in [6.07, 6.45) is 1.43. The van der Waals surface area contributed by atoms with Crippen LogP contribution in [0, 0.1) is 10.1 Å². The van der Waals surface area contributed by atoms with Crippen LogP contribution in [0.25, 0.3) is 0 Å². The zero-order valence-corrected chi connectivity index (χ0v) is 12.4. The standard InChI is InChI=1S/C10H6Br2N4O3/c11-5-4-14-10(13)15-9(5)19-7-3-1-2-6(8(7)12)16(17)18/h1-4H,(H2,13,14,15). The van der Waals surface area contributed by atoms with Crippen molar-refractivity contribution in [2.45, 2.75) is 0 Å². The maximum absolute atomic E-state index is 10.8. The Kier molecular flexibility index (Phi) is 3.96. The predicted molar refractivity (Wildman–Crippen MR) is 75.0 cm³/mol. The second kappa shape index (κ2) is 5.49. The van der Waals surface area contributed by atoms with Crippen LogP contribution in [-0.2, 0) is 0 Å². The van der Waals surface area contributed by atoms with Gasteiger partial charge < -0.3 is 10.5 Å². The second-order valence-electron chi connectivity index (χ2n) is 3.33. The highest BCUT2D eigenvalue weighted by Gasteiger charge is 2.17.